The number of aliphatic hydroxyl groups excluding tert-OH is 2. The number of benzene rings is 1. The van der Waals surface area contributed by atoms with E-state index in [1.165, 1.54) is 26.0 Å². The third kappa shape index (κ3) is 7.08. The van der Waals surface area contributed by atoms with Gasteiger partial charge < -0.3 is 44.3 Å². The van der Waals surface area contributed by atoms with Gasteiger partial charge in [0.05, 0.1) is 35.6 Å². The number of rotatable bonds is 9. The first kappa shape index (κ1) is 42.4. The summed E-state index contributed by atoms with van der Waals surface area (Å²) in [4.78, 5) is 81.7. The summed E-state index contributed by atoms with van der Waals surface area (Å²) in [5.74, 6) is -6.67. The maximum atomic E-state index is 15.4. The van der Waals surface area contributed by atoms with Crippen molar-refractivity contribution in [2.45, 2.75) is 147 Å². The second kappa shape index (κ2) is 15.5. The minimum Gasteiger partial charge on any atom is -0.456 e. The van der Waals surface area contributed by atoms with Crippen LogP contribution < -0.4 is 5.32 Å². The summed E-state index contributed by atoms with van der Waals surface area (Å²) in [7, 11) is 0. The number of amides is 1. The summed E-state index contributed by atoms with van der Waals surface area (Å²) in [6.45, 7) is 9.39. The highest BCUT2D eigenvalue weighted by Gasteiger charge is 2.78. The molecular weight excluding hydrogens is 742 g/mol. The lowest BCUT2D eigenvalue weighted by Gasteiger charge is -2.67. The van der Waals surface area contributed by atoms with Crippen molar-refractivity contribution in [3.8, 4) is 0 Å². The van der Waals surface area contributed by atoms with Gasteiger partial charge >= 0.3 is 23.9 Å². The Morgan fingerprint density at radius 1 is 0.930 bits per heavy atom. The van der Waals surface area contributed by atoms with E-state index in [4.69, 9.17) is 23.7 Å². The average Bonchev–Trinajstić information content (AvgIpc) is 3.15. The van der Waals surface area contributed by atoms with Gasteiger partial charge in [0, 0.05) is 39.0 Å². The van der Waals surface area contributed by atoms with Crippen LogP contribution >= 0.6 is 0 Å². The van der Waals surface area contributed by atoms with E-state index in [1.807, 2.05) is 0 Å². The average molecular weight is 798 g/mol. The number of aliphatic hydroxyl groups is 3. The number of fused-ring (bicyclic) bond motifs is 5. The van der Waals surface area contributed by atoms with Gasteiger partial charge in [-0.15, -0.1) is 0 Å². The van der Waals surface area contributed by atoms with Gasteiger partial charge in [-0.2, -0.15) is 0 Å². The van der Waals surface area contributed by atoms with Crippen LogP contribution in [0.3, 0.4) is 0 Å². The minimum absolute atomic E-state index is 0.0376. The summed E-state index contributed by atoms with van der Waals surface area (Å²) in [5, 5.41) is 39.8. The van der Waals surface area contributed by atoms with Crippen molar-refractivity contribution in [1.29, 1.82) is 0 Å². The van der Waals surface area contributed by atoms with E-state index < -0.39 is 113 Å². The predicted octanol–water partition coefficient (Wildman–Crippen LogP) is 2.65. The largest absolute Gasteiger partial charge is 0.456 e. The van der Waals surface area contributed by atoms with Crippen molar-refractivity contribution in [2.24, 2.45) is 22.7 Å². The second-order valence-electron chi connectivity index (χ2n) is 17.3. The Labute approximate surface area is 331 Å². The zero-order chi connectivity index (χ0) is 41.8. The van der Waals surface area contributed by atoms with E-state index in [1.54, 1.807) is 39.0 Å². The Bertz CT molecular complexity index is 1820. The number of hydrogen-bond donors (Lipinski definition) is 4. The molecule has 57 heavy (non-hydrogen) atoms. The van der Waals surface area contributed by atoms with Crippen molar-refractivity contribution in [1.82, 2.24) is 5.32 Å². The molecule has 1 heterocycles. The fourth-order valence-corrected chi connectivity index (χ4v) is 10.6. The second-order valence-corrected chi connectivity index (χ2v) is 17.3. The fourth-order valence-electron chi connectivity index (χ4n) is 10.6. The predicted molar refractivity (Wildman–Crippen MR) is 199 cm³/mol. The highest BCUT2D eigenvalue weighted by atomic mass is 16.6. The monoisotopic (exact) mass is 797 g/mol. The van der Waals surface area contributed by atoms with Gasteiger partial charge in [0.15, 0.2) is 23.6 Å². The van der Waals surface area contributed by atoms with Gasteiger partial charge in [0.1, 0.15) is 23.9 Å². The van der Waals surface area contributed by atoms with E-state index in [0.29, 0.717) is 12.8 Å². The lowest BCUT2D eigenvalue weighted by atomic mass is 9.44. The molecule has 1 aliphatic heterocycles. The number of nitrogens with one attached hydrogen (secondary N) is 1. The lowest BCUT2D eigenvalue weighted by molar-refractivity contribution is -0.346. The molecule has 2 bridgehead atoms. The molecule has 0 radical (unpaired) electrons. The fraction of sp³-hybridized carbons (Fsp3) is 0.667. The Kier molecular flexibility index (Phi) is 11.6. The summed E-state index contributed by atoms with van der Waals surface area (Å²) in [5.41, 5.74) is -7.36. The Morgan fingerprint density at radius 3 is 2.14 bits per heavy atom. The van der Waals surface area contributed by atoms with Gasteiger partial charge in [-0.3, -0.25) is 19.2 Å². The van der Waals surface area contributed by atoms with Gasteiger partial charge in [0.25, 0.3) is 0 Å². The van der Waals surface area contributed by atoms with Crippen LogP contribution in [0.4, 0.5) is 0 Å². The number of carbonyl (C=O) groups is 6. The van der Waals surface area contributed by atoms with Crippen molar-refractivity contribution < 1.29 is 67.8 Å². The molecule has 15 heteroatoms. The summed E-state index contributed by atoms with van der Waals surface area (Å²) in [6.07, 6.45) is -5.99. The molecule has 3 saturated carbocycles. The number of hydrogen-bond acceptors (Lipinski definition) is 14. The number of ether oxygens (including phenoxy) is 5. The van der Waals surface area contributed by atoms with E-state index in [2.05, 4.69) is 5.32 Å². The van der Waals surface area contributed by atoms with E-state index in [0.717, 1.165) is 33.1 Å². The number of carbonyl (C=O) groups excluding carboxylic acids is 6. The Hall–Kier alpha value is -4.18. The van der Waals surface area contributed by atoms with Crippen LogP contribution in [-0.4, -0.2) is 111 Å². The molecule has 1 aromatic rings. The molecule has 4 N–H and O–H groups in total. The topological polar surface area (TPSA) is 221 Å². The molecule has 0 spiro atoms. The molecule has 11 atom stereocenters. The molecule has 4 fully saturated rings. The number of Topliss-reactive ketones (excluding diaryl/α,β-unsaturated/α-hetero) is 1. The highest BCUT2D eigenvalue weighted by molar-refractivity contribution is 5.95. The smallest absolute Gasteiger partial charge is 0.338 e. The molecule has 4 aliphatic carbocycles. The third-order valence-corrected chi connectivity index (χ3v) is 13.6. The summed E-state index contributed by atoms with van der Waals surface area (Å²) >= 11 is 0. The SMILES string of the molecule is CC(=O)N[C@@H](C1CCCCC1)[C@@H](O)C(=O)O[C@H]1C[C@@]2(O)[C@@H](OC(=O)c3ccccc3)[C@@H]3[C@]4(OC(C)=O)CO[C@@H]4C[C@H](O)[C@@]3(C)C(=O)[C@H](OC(C)=O)C(=C1C)C2(C)C. The zero-order valence-electron chi connectivity index (χ0n) is 33.6. The minimum atomic E-state index is -2.34. The van der Waals surface area contributed by atoms with Crippen LogP contribution in [-0.2, 0) is 47.7 Å². The quantitative estimate of drug-likeness (QED) is 0.160. The molecule has 1 aromatic carbocycles. The third-order valence-electron chi connectivity index (χ3n) is 13.6. The van der Waals surface area contributed by atoms with Gasteiger partial charge in [-0.1, -0.05) is 51.3 Å². The summed E-state index contributed by atoms with van der Waals surface area (Å²) < 4.78 is 30.2. The summed E-state index contributed by atoms with van der Waals surface area (Å²) in [6, 6.07) is 6.92. The highest BCUT2D eigenvalue weighted by Crippen LogP contribution is 2.64. The van der Waals surface area contributed by atoms with Crippen LogP contribution in [0.2, 0.25) is 0 Å². The van der Waals surface area contributed by atoms with E-state index >= 15 is 4.79 Å². The van der Waals surface area contributed by atoms with Crippen LogP contribution in [0.5, 0.6) is 0 Å². The zero-order valence-corrected chi connectivity index (χ0v) is 33.6. The number of esters is 4. The van der Waals surface area contributed by atoms with Gasteiger partial charge in [0.2, 0.25) is 5.91 Å². The van der Waals surface area contributed by atoms with Crippen LogP contribution in [0.1, 0.15) is 104 Å². The van der Waals surface area contributed by atoms with Crippen LogP contribution in [0.15, 0.2) is 41.5 Å². The molecular formula is C42H55NO14. The van der Waals surface area contributed by atoms with Crippen molar-refractivity contribution in [2.75, 3.05) is 6.61 Å². The lowest BCUT2D eigenvalue weighted by Crippen LogP contribution is -2.82. The first-order chi connectivity index (χ1) is 26.7. The molecule has 0 unspecified atom stereocenters. The van der Waals surface area contributed by atoms with Crippen LogP contribution in [0, 0.1) is 22.7 Å². The van der Waals surface area contributed by atoms with Crippen molar-refractivity contribution in [3.63, 3.8) is 0 Å². The first-order valence-electron chi connectivity index (χ1n) is 19.8. The molecule has 1 saturated heterocycles. The van der Waals surface area contributed by atoms with Gasteiger partial charge in [-0.05, 0) is 55.9 Å². The van der Waals surface area contributed by atoms with E-state index in [-0.39, 0.29) is 35.7 Å². The standard InChI is InChI=1S/C42H55NO14/c1-21-27(55-38(51)32(48)31(43-22(2)44)25-14-10-8-11-15-25)19-42(52)36(56-37(50)26-16-12-9-13-17-26)34-40(7,28(47)18-29-41(34,20-53-29)57-24(4)46)35(49)33(54-23(3)45)30(21)39(42,5)6/h9,12-13,16-17,25,27-29,31-34,36,47-48,52H,8,10-11,14-15,18-20H2,1-7H3,(H,43,44)/t27-,28-,29+,31-,32+,33+,34-,36-,40+,41-,42+/m0/s1. The molecule has 6 rings (SSSR count). The Morgan fingerprint density at radius 2 is 1.58 bits per heavy atom. The van der Waals surface area contributed by atoms with Crippen molar-refractivity contribution >= 4 is 35.6 Å². The maximum absolute atomic E-state index is 15.4. The molecule has 1 amide bonds. The van der Waals surface area contributed by atoms with E-state index in [9.17, 15) is 39.3 Å². The number of ketones is 1. The van der Waals surface area contributed by atoms with Gasteiger partial charge in [-0.25, -0.2) is 9.59 Å². The molecule has 15 nitrogen and oxygen atoms in total. The van der Waals surface area contributed by atoms with Crippen molar-refractivity contribution in [3.05, 3.63) is 47.0 Å². The normalized spacial score (nSPS) is 35.7. The molecule has 312 valence electrons. The molecule has 5 aliphatic rings. The maximum Gasteiger partial charge on any atom is 0.338 e. The van der Waals surface area contributed by atoms with Crippen LogP contribution in [0.25, 0.3) is 0 Å². The molecule has 0 aromatic heterocycles. The first-order valence-corrected chi connectivity index (χ1v) is 19.8. The Balaban J connectivity index is 1.55.